The van der Waals surface area contributed by atoms with Crippen LogP contribution in [0.5, 0.6) is 0 Å². The third kappa shape index (κ3) is 4.58. The molecular formula is C29H32ClN5O4. The van der Waals surface area contributed by atoms with Crippen LogP contribution >= 0.6 is 11.6 Å². The number of likely N-dealkylation sites (tertiary alicyclic amines) is 1. The van der Waals surface area contributed by atoms with Gasteiger partial charge in [0.2, 0.25) is 5.91 Å². The van der Waals surface area contributed by atoms with Crippen molar-refractivity contribution in [1.29, 1.82) is 0 Å². The predicted octanol–water partition coefficient (Wildman–Crippen LogP) is 2.15. The number of hydrogen-bond acceptors (Lipinski definition) is 6. The number of nitrogens with one attached hydrogen (secondary N) is 2. The minimum Gasteiger partial charge on any atom is -0.467 e. The van der Waals surface area contributed by atoms with E-state index in [4.69, 9.17) is 16.3 Å². The zero-order chi connectivity index (χ0) is 27.1. The van der Waals surface area contributed by atoms with E-state index in [1.54, 1.807) is 0 Å². The summed E-state index contributed by atoms with van der Waals surface area (Å²) in [6.45, 7) is 5.49. The van der Waals surface area contributed by atoms with Crippen molar-refractivity contribution in [2.24, 2.45) is 0 Å². The molecule has 2 fully saturated rings. The molecule has 6 rings (SSSR count). The number of para-hydroxylation sites is 1. The molecule has 1 aromatic heterocycles. The standard InChI is InChI=1S/C29H32ClN5O4/c1-39-29(38)24-14-22-21-4-2-3-5-23(21)32-26(22)27(35(24)25(36)15-30)18-6-8-19(9-7-18)28(37)34-16-20(17-34)33-12-10-31-11-13-33/h2-9,20,24,27,31-32H,10-17H2,1H3/t24-,27+/m1/s1. The van der Waals surface area contributed by atoms with E-state index in [-0.39, 0.29) is 17.7 Å². The summed E-state index contributed by atoms with van der Waals surface area (Å²) in [7, 11) is 1.33. The molecule has 2 saturated heterocycles. The average molecular weight is 550 g/mol. The Balaban J connectivity index is 1.30. The zero-order valence-corrected chi connectivity index (χ0v) is 22.6. The van der Waals surface area contributed by atoms with Crippen molar-refractivity contribution in [2.45, 2.75) is 24.5 Å². The maximum atomic E-state index is 13.2. The highest BCUT2D eigenvalue weighted by Gasteiger charge is 2.44. The van der Waals surface area contributed by atoms with Crippen molar-refractivity contribution in [3.63, 3.8) is 0 Å². The number of rotatable bonds is 5. The van der Waals surface area contributed by atoms with Crippen LogP contribution in [0.3, 0.4) is 0 Å². The first-order chi connectivity index (χ1) is 19.0. The van der Waals surface area contributed by atoms with Crippen LogP contribution in [0.15, 0.2) is 48.5 Å². The fourth-order valence-corrected chi connectivity index (χ4v) is 6.36. The first-order valence-corrected chi connectivity index (χ1v) is 13.9. The smallest absolute Gasteiger partial charge is 0.328 e. The van der Waals surface area contributed by atoms with Crippen LogP contribution in [-0.4, -0.2) is 102 Å². The molecule has 9 nitrogen and oxygen atoms in total. The normalized spacial score (nSPS) is 21.9. The van der Waals surface area contributed by atoms with E-state index in [0.717, 1.165) is 67.0 Å². The van der Waals surface area contributed by atoms with Crippen LogP contribution < -0.4 is 5.32 Å². The lowest BCUT2D eigenvalue weighted by atomic mass is 9.87. The number of alkyl halides is 1. The number of nitrogens with zero attached hydrogens (tertiary/aromatic N) is 3. The lowest BCUT2D eigenvalue weighted by Gasteiger charge is -2.46. The number of ether oxygens (including phenoxy) is 1. The van der Waals surface area contributed by atoms with E-state index in [9.17, 15) is 14.4 Å². The summed E-state index contributed by atoms with van der Waals surface area (Å²) in [5.74, 6) is -1.11. The largest absolute Gasteiger partial charge is 0.467 e. The Kier molecular flexibility index (Phi) is 7.05. The third-order valence-corrected chi connectivity index (χ3v) is 8.53. The first kappa shape index (κ1) is 25.9. The molecule has 0 aliphatic carbocycles. The number of hydrogen-bond donors (Lipinski definition) is 2. The summed E-state index contributed by atoms with van der Waals surface area (Å²) in [6.07, 6.45) is 0.324. The molecule has 2 amide bonds. The first-order valence-electron chi connectivity index (χ1n) is 13.4. The molecule has 2 N–H and O–H groups in total. The molecule has 2 atom stereocenters. The van der Waals surface area contributed by atoms with Gasteiger partial charge in [-0.1, -0.05) is 30.3 Å². The summed E-state index contributed by atoms with van der Waals surface area (Å²) in [5, 5.41) is 4.37. The minimum atomic E-state index is -0.817. The van der Waals surface area contributed by atoms with Gasteiger partial charge in [-0.3, -0.25) is 14.5 Å². The van der Waals surface area contributed by atoms with Gasteiger partial charge in [0, 0.05) is 73.9 Å². The number of aromatic nitrogens is 1. The number of methoxy groups -OCH3 is 1. The molecule has 0 radical (unpaired) electrons. The van der Waals surface area contributed by atoms with Gasteiger partial charge in [0.15, 0.2) is 0 Å². The molecular weight excluding hydrogens is 518 g/mol. The number of fused-ring (bicyclic) bond motifs is 3. The quantitative estimate of drug-likeness (QED) is 0.374. The van der Waals surface area contributed by atoms with Gasteiger partial charge in [-0.25, -0.2) is 4.79 Å². The molecule has 3 aromatic rings. The van der Waals surface area contributed by atoms with E-state index in [0.29, 0.717) is 18.0 Å². The van der Waals surface area contributed by atoms with Crippen molar-refractivity contribution < 1.29 is 19.1 Å². The van der Waals surface area contributed by atoms with Crippen LogP contribution in [-0.2, 0) is 20.7 Å². The van der Waals surface area contributed by atoms with Gasteiger partial charge in [-0.2, -0.15) is 0 Å². The average Bonchev–Trinajstić information content (AvgIpc) is 3.33. The summed E-state index contributed by atoms with van der Waals surface area (Å²) >= 11 is 6.04. The van der Waals surface area contributed by atoms with E-state index in [1.165, 1.54) is 12.0 Å². The van der Waals surface area contributed by atoms with Gasteiger partial charge < -0.3 is 24.8 Å². The Morgan fingerprint density at radius 2 is 1.74 bits per heavy atom. The maximum absolute atomic E-state index is 13.2. The maximum Gasteiger partial charge on any atom is 0.328 e. The van der Waals surface area contributed by atoms with Gasteiger partial charge in [-0.15, -0.1) is 11.6 Å². The molecule has 204 valence electrons. The van der Waals surface area contributed by atoms with Crippen molar-refractivity contribution >= 4 is 40.3 Å². The predicted molar refractivity (Wildman–Crippen MR) is 148 cm³/mol. The number of halogens is 1. The molecule has 0 saturated carbocycles. The Bertz CT molecular complexity index is 1390. The Labute approximate surface area is 232 Å². The summed E-state index contributed by atoms with van der Waals surface area (Å²) in [5.41, 5.74) is 4.14. The zero-order valence-electron chi connectivity index (χ0n) is 21.9. The monoisotopic (exact) mass is 549 g/mol. The Morgan fingerprint density at radius 1 is 1.03 bits per heavy atom. The molecule has 0 spiro atoms. The summed E-state index contributed by atoms with van der Waals surface area (Å²) in [6, 6.07) is 14.3. The molecule has 4 heterocycles. The number of aromatic amines is 1. The van der Waals surface area contributed by atoms with E-state index in [1.807, 2.05) is 53.4 Å². The number of carbonyl (C=O) groups excluding carboxylic acids is 3. The number of carbonyl (C=O) groups is 3. The van der Waals surface area contributed by atoms with Crippen LogP contribution in [0.4, 0.5) is 0 Å². The van der Waals surface area contributed by atoms with Gasteiger partial charge in [0.1, 0.15) is 11.9 Å². The number of H-pyrrole nitrogens is 1. The molecule has 2 aromatic carbocycles. The van der Waals surface area contributed by atoms with Crippen LogP contribution in [0.1, 0.15) is 33.2 Å². The second-order valence-electron chi connectivity index (χ2n) is 10.4. The van der Waals surface area contributed by atoms with Crippen molar-refractivity contribution in [1.82, 2.24) is 25.0 Å². The van der Waals surface area contributed by atoms with Crippen LogP contribution in [0, 0.1) is 0 Å². The van der Waals surface area contributed by atoms with Gasteiger partial charge in [-0.05, 0) is 29.3 Å². The van der Waals surface area contributed by atoms with Crippen LogP contribution in [0.2, 0.25) is 0 Å². The molecule has 0 bridgehead atoms. The second-order valence-corrected chi connectivity index (χ2v) is 10.7. The lowest BCUT2D eigenvalue weighted by molar-refractivity contribution is -0.154. The molecule has 39 heavy (non-hydrogen) atoms. The fourth-order valence-electron chi connectivity index (χ4n) is 6.22. The SMILES string of the molecule is COC(=O)[C@H]1Cc2c([nH]c3ccccc23)[C@H](c2ccc(C(=O)N3CC(N4CCNCC4)C3)cc2)N1C(=O)CCl. The Hall–Kier alpha value is -3.40. The topological polar surface area (TPSA) is 98.0 Å². The van der Waals surface area contributed by atoms with Gasteiger partial charge >= 0.3 is 5.97 Å². The number of esters is 1. The Morgan fingerprint density at radius 3 is 2.44 bits per heavy atom. The fraction of sp³-hybridized carbons (Fsp3) is 0.414. The molecule has 3 aliphatic rings. The highest BCUT2D eigenvalue weighted by Crippen LogP contribution is 2.41. The minimum absolute atomic E-state index is 0.00371. The van der Waals surface area contributed by atoms with Gasteiger partial charge in [0.05, 0.1) is 13.2 Å². The highest BCUT2D eigenvalue weighted by atomic mass is 35.5. The molecule has 3 aliphatic heterocycles. The van der Waals surface area contributed by atoms with E-state index < -0.39 is 18.1 Å². The van der Waals surface area contributed by atoms with Crippen molar-refractivity contribution in [2.75, 3.05) is 52.3 Å². The summed E-state index contributed by atoms with van der Waals surface area (Å²) in [4.78, 5) is 48.6. The molecule has 0 unspecified atom stereocenters. The molecule has 10 heteroatoms. The van der Waals surface area contributed by atoms with Crippen molar-refractivity contribution in [3.8, 4) is 0 Å². The lowest BCUT2D eigenvalue weighted by Crippen LogP contribution is -2.63. The third-order valence-electron chi connectivity index (χ3n) is 8.30. The highest BCUT2D eigenvalue weighted by molar-refractivity contribution is 6.27. The number of benzene rings is 2. The number of amides is 2. The summed E-state index contributed by atoms with van der Waals surface area (Å²) < 4.78 is 5.11. The van der Waals surface area contributed by atoms with Crippen molar-refractivity contribution in [3.05, 3.63) is 70.9 Å². The second kappa shape index (κ2) is 10.6. The van der Waals surface area contributed by atoms with E-state index >= 15 is 0 Å². The van der Waals surface area contributed by atoms with Crippen LogP contribution in [0.25, 0.3) is 10.9 Å². The van der Waals surface area contributed by atoms with Gasteiger partial charge in [0.25, 0.3) is 5.91 Å². The number of piperazine rings is 1. The van der Waals surface area contributed by atoms with E-state index in [2.05, 4.69) is 15.2 Å².